The molecule has 1 aromatic heterocycles. The standard InChI is InChI=1S/C21H20N4O3/c26-19(22-15-8-2-1-3-9-15)14-7-6-12-25(13-14)21(28)18-16-10-4-5-11-17(16)20(27)24-23-18/h1-5,8-11,14H,6-7,12-13H2,(H,22,26)(H,24,27). The number of hydrogen-bond donors (Lipinski definition) is 2. The van der Waals surface area contributed by atoms with E-state index in [0.29, 0.717) is 23.9 Å². The Bertz CT molecular complexity index is 1080. The van der Waals surface area contributed by atoms with Crippen LogP contribution in [0.1, 0.15) is 23.3 Å². The molecule has 1 aliphatic heterocycles. The molecule has 0 radical (unpaired) electrons. The predicted molar refractivity (Wildman–Crippen MR) is 106 cm³/mol. The lowest BCUT2D eigenvalue weighted by atomic mass is 9.96. The molecule has 3 aromatic rings. The van der Waals surface area contributed by atoms with Gasteiger partial charge in [0.1, 0.15) is 0 Å². The molecule has 1 atom stereocenters. The van der Waals surface area contributed by atoms with Crippen LogP contribution in [0.15, 0.2) is 59.4 Å². The normalized spacial score (nSPS) is 16.7. The zero-order valence-electron chi connectivity index (χ0n) is 15.2. The lowest BCUT2D eigenvalue weighted by molar-refractivity contribution is -0.121. The van der Waals surface area contributed by atoms with Crippen LogP contribution in [0, 0.1) is 5.92 Å². The third-order valence-corrected chi connectivity index (χ3v) is 5.02. The Labute approximate surface area is 161 Å². The van der Waals surface area contributed by atoms with Crippen molar-refractivity contribution in [1.29, 1.82) is 0 Å². The molecule has 0 bridgehead atoms. The quantitative estimate of drug-likeness (QED) is 0.734. The molecule has 0 spiro atoms. The predicted octanol–water partition coefficient (Wildman–Crippen LogP) is 2.41. The van der Waals surface area contributed by atoms with E-state index in [0.717, 1.165) is 18.5 Å². The summed E-state index contributed by atoms with van der Waals surface area (Å²) in [6, 6.07) is 16.2. The summed E-state index contributed by atoms with van der Waals surface area (Å²) in [6.07, 6.45) is 1.46. The molecule has 7 nitrogen and oxygen atoms in total. The van der Waals surface area contributed by atoms with Crippen LogP contribution in [0.4, 0.5) is 5.69 Å². The Morgan fingerprint density at radius 2 is 1.75 bits per heavy atom. The minimum Gasteiger partial charge on any atom is -0.336 e. The molecular formula is C21H20N4O3. The van der Waals surface area contributed by atoms with E-state index in [1.807, 2.05) is 30.3 Å². The van der Waals surface area contributed by atoms with Gasteiger partial charge in [0.25, 0.3) is 11.5 Å². The molecule has 1 saturated heterocycles. The zero-order chi connectivity index (χ0) is 19.5. The number of likely N-dealkylation sites (tertiary alicyclic amines) is 1. The molecular weight excluding hydrogens is 356 g/mol. The highest BCUT2D eigenvalue weighted by molar-refractivity contribution is 6.05. The SMILES string of the molecule is O=C(Nc1ccccc1)C1CCCN(C(=O)c2n[nH]c(=O)c3ccccc23)C1. The average molecular weight is 376 g/mol. The third kappa shape index (κ3) is 3.51. The van der Waals surface area contributed by atoms with Crippen LogP contribution >= 0.6 is 0 Å². The van der Waals surface area contributed by atoms with Crippen molar-refractivity contribution in [3.8, 4) is 0 Å². The Kier molecular flexibility index (Phi) is 4.89. The lowest BCUT2D eigenvalue weighted by Crippen LogP contribution is -2.44. The minimum atomic E-state index is -0.328. The number of para-hydroxylation sites is 1. The Balaban J connectivity index is 1.53. The van der Waals surface area contributed by atoms with Crippen LogP contribution in [0.5, 0.6) is 0 Å². The maximum atomic E-state index is 13.1. The van der Waals surface area contributed by atoms with Crippen LogP contribution in [0.3, 0.4) is 0 Å². The molecule has 7 heteroatoms. The van der Waals surface area contributed by atoms with Gasteiger partial charge in [-0.1, -0.05) is 36.4 Å². The van der Waals surface area contributed by atoms with Gasteiger partial charge < -0.3 is 10.2 Å². The van der Waals surface area contributed by atoms with E-state index in [1.54, 1.807) is 29.2 Å². The van der Waals surface area contributed by atoms with Gasteiger partial charge >= 0.3 is 0 Å². The number of nitrogens with zero attached hydrogens (tertiary/aromatic N) is 2. The molecule has 4 rings (SSSR count). The summed E-state index contributed by atoms with van der Waals surface area (Å²) in [5.41, 5.74) is 0.620. The number of nitrogens with one attached hydrogen (secondary N) is 2. The molecule has 1 aliphatic rings. The summed E-state index contributed by atoms with van der Waals surface area (Å²) in [5, 5.41) is 10.2. The summed E-state index contributed by atoms with van der Waals surface area (Å²) < 4.78 is 0. The number of aromatic nitrogens is 2. The first-order chi connectivity index (χ1) is 13.6. The summed E-state index contributed by atoms with van der Waals surface area (Å²) in [6.45, 7) is 0.885. The van der Waals surface area contributed by atoms with Crippen molar-refractivity contribution < 1.29 is 9.59 Å². The molecule has 2 N–H and O–H groups in total. The molecule has 28 heavy (non-hydrogen) atoms. The van der Waals surface area contributed by atoms with Crippen molar-refractivity contribution in [3.05, 3.63) is 70.6 Å². The first-order valence-electron chi connectivity index (χ1n) is 9.26. The molecule has 1 fully saturated rings. The number of carbonyl (C=O) groups excluding carboxylic acids is 2. The molecule has 2 amide bonds. The zero-order valence-corrected chi connectivity index (χ0v) is 15.2. The number of fused-ring (bicyclic) bond motifs is 1. The molecule has 0 saturated carbocycles. The Morgan fingerprint density at radius 3 is 2.54 bits per heavy atom. The number of hydrogen-bond acceptors (Lipinski definition) is 4. The second kappa shape index (κ2) is 7.64. The van der Waals surface area contributed by atoms with E-state index in [2.05, 4.69) is 15.5 Å². The van der Waals surface area contributed by atoms with Gasteiger partial charge in [-0.2, -0.15) is 5.10 Å². The second-order valence-electron chi connectivity index (χ2n) is 6.89. The van der Waals surface area contributed by atoms with Gasteiger partial charge in [0.05, 0.1) is 11.3 Å². The van der Waals surface area contributed by atoms with E-state index in [9.17, 15) is 14.4 Å². The molecule has 1 unspecified atom stereocenters. The van der Waals surface area contributed by atoms with Gasteiger partial charge in [-0.05, 0) is 31.0 Å². The highest BCUT2D eigenvalue weighted by Gasteiger charge is 2.30. The molecule has 2 aromatic carbocycles. The summed E-state index contributed by atoms with van der Waals surface area (Å²) in [5.74, 6) is -0.653. The van der Waals surface area contributed by atoms with Crippen LogP contribution in [0.25, 0.3) is 10.8 Å². The van der Waals surface area contributed by atoms with Crippen LogP contribution in [-0.2, 0) is 4.79 Å². The van der Waals surface area contributed by atoms with Crippen LogP contribution < -0.4 is 10.9 Å². The van der Waals surface area contributed by atoms with Crippen molar-refractivity contribution in [1.82, 2.24) is 15.1 Å². The van der Waals surface area contributed by atoms with Gasteiger partial charge in [-0.15, -0.1) is 0 Å². The average Bonchev–Trinajstić information content (AvgIpc) is 2.74. The number of benzene rings is 2. The van der Waals surface area contributed by atoms with Crippen LogP contribution in [0.2, 0.25) is 0 Å². The molecule has 142 valence electrons. The van der Waals surface area contributed by atoms with Crippen molar-refractivity contribution in [2.75, 3.05) is 18.4 Å². The summed E-state index contributed by atoms with van der Waals surface area (Å²) in [7, 11) is 0. The number of carbonyl (C=O) groups is 2. The fourth-order valence-electron chi connectivity index (χ4n) is 3.57. The highest BCUT2D eigenvalue weighted by Crippen LogP contribution is 2.22. The van der Waals surface area contributed by atoms with E-state index in [-0.39, 0.29) is 29.0 Å². The smallest absolute Gasteiger partial charge is 0.274 e. The topological polar surface area (TPSA) is 95.2 Å². The number of rotatable bonds is 3. The highest BCUT2D eigenvalue weighted by atomic mass is 16.2. The van der Waals surface area contributed by atoms with Gasteiger partial charge in [-0.3, -0.25) is 14.4 Å². The van der Waals surface area contributed by atoms with Crippen molar-refractivity contribution in [3.63, 3.8) is 0 Å². The Morgan fingerprint density at radius 1 is 1.04 bits per heavy atom. The van der Waals surface area contributed by atoms with Gasteiger partial charge in [0, 0.05) is 24.2 Å². The van der Waals surface area contributed by atoms with E-state index >= 15 is 0 Å². The maximum absolute atomic E-state index is 13.1. The summed E-state index contributed by atoms with van der Waals surface area (Å²) in [4.78, 5) is 39.3. The summed E-state index contributed by atoms with van der Waals surface area (Å²) >= 11 is 0. The number of H-pyrrole nitrogens is 1. The third-order valence-electron chi connectivity index (χ3n) is 5.02. The van der Waals surface area contributed by atoms with E-state index in [4.69, 9.17) is 0 Å². The monoisotopic (exact) mass is 376 g/mol. The first kappa shape index (κ1) is 17.9. The number of amides is 2. The fourth-order valence-corrected chi connectivity index (χ4v) is 3.57. The fraction of sp³-hybridized carbons (Fsp3) is 0.238. The largest absolute Gasteiger partial charge is 0.336 e. The lowest BCUT2D eigenvalue weighted by Gasteiger charge is -2.32. The van der Waals surface area contributed by atoms with Crippen molar-refractivity contribution in [2.24, 2.45) is 5.92 Å². The van der Waals surface area contributed by atoms with Crippen LogP contribution in [-0.4, -0.2) is 40.0 Å². The number of anilines is 1. The van der Waals surface area contributed by atoms with Gasteiger partial charge in [-0.25, -0.2) is 5.10 Å². The van der Waals surface area contributed by atoms with E-state index < -0.39 is 0 Å². The van der Waals surface area contributed by atoms with Crippen molar-refractivity contribution >= 4 is 28.3 Å². The molecule has 2 heterocycles. The van der Waals surface area contributed by atoms with Gasteiger partial charge in [0.15, 0.2) is 5.69 Å². The number of aromatic amines is 1. The molecule has 0 aliphatic carbocycles. The van der Waals surface area contributed by atoms with E-state index in [1.165, 1.54) is 0 Å². The van der Waals surface area contributed by atoms with Crippen molar-refractivity contribution in [2.45, 2.75) is 12.8 Å². The second-order valence-corrected chi connectivity index (χ2v) is 6.89. The first-order valence-corrected chi connectivity index (χ1v) is 9.26. The maximum Gasteiger partial charge on any atom is 0.274 e. The number of piperidine rings is 1. The van der Waals surface area contributed by atoms with Gasteiger partial charge in [0.2, 0.25) is 5.91 Å². The minimum absolute atomic E-state index is 0.0945. The Hall–Kier alpha value is -3.48.